The first-order valence-electron chi connectivity index (χ1n) is 6.94. The molecule has 112 valence electrons. The maximum absolute atomic E-state index is 12.3. The van der Waals surface area contributed by atoms with Crippen LogP contribution in [0.5, 0.6) is 0 Å². The Balaban J connectivity index is 1.93. The summed E-state index contributed by atoms with van der Waals surface area (Å²) >= 11 is 0. The van der Waals surface area contributed by atoms with E-state index in [0.717, 1.165) is 11.3 Å². The highest BCUT2D eigenvalue weighted by molar-refractivity contribution is 6.05. The van der Waals surface area contributed by atoms with Crippen LogP contribution in [0.15, 0.2) is 45.6 Å². The fraction of sp³-hybridized carbons (Fsp3) is 0.176. The van der Waals surface area contributed by atoms with Crippen LogP contribution in [0.25, 0.3) is 11.1 Å². The molecular weight excluding hydrogens is 280 g/mol. The summed E-state index contributed by atoms with van der Waals surface area (Å²) in [7, 11) is 1.61. The van der Waals surface area contributed by atoms with Gasteiger partial charge in [-0.25, -0.2) is 4.79 Å². The van der Waals surface area contributed by atoms with Crippen molar-refractivity contribution in [3.8, 4) is 0 Å². The van der Waals surface area contributed by atoms with Crippen molar-refractivity contribution in [1.82, 2.24) is 4.57 Å². The van der Waals surface area contributed by atoms with E-state index in [4.69, 9.17) is 4.42 Å². The van der Waals surface area contributed by atoms with Crippen LogP contribution in [-0.2, 0) is 7.05 Å². The van der Waals surface area contributed by atoms with E-state index in [1.165, 1.54) is 10.1 Å². The largest absolute Gasteiger partial charge is 0.419 e. The SMILES string of the molecule is Cc1ccc(NC(=O)c2ccc3oc(=O)n(C)c3c2)cc1C. The topological polar surface area (TPSA) is 64.2 Å². The number of carbonyl (C=O) groups excluding carboxylic acids is 1. The molecule has 0 radical (unpaired) electrons. The van der Waals surface area contributed by atoms with E-state index >= 15 is 0 Å². The molecule has 0 atom stereocenters. The Bertz CT molecular complexity index is 935. The van der Waals surface area contributed by atoms with Gasteiger partial charge in [0.2, 0.25) is 0 Å². The fourth-order valence-electron chi connectivity index (χ4n) is 2.29. The minimum absolute atomic E-state index is 0.223. The molecule has 22 heavy (non-hydrogen) atoms. The van der Waals surface area contributed by atoms with Crippen LogP contribution in [0.2, 0.25) is 0 Å². The summed E-state index contributed by atoms with van der Waals surface area (Å²) in [5.41, 5.74) is 4.57. The second-order valence-corrected chi connectivity index (χ2v) is 5.36. The Morgan fingerprint density at radius 3 is 2.59 bits per heavy atom. The van der Waals surface area contributed by atoms with Crippen LogP contribution in [0.3, 0.4) is 0 Å². The maximum atomic E-state index is 12.3. The minimum Gasteiger partial charge on any atom is -0.408 e. The number of hydrogen-bond donors (Lipinski definition) is 1. The quantitative estimate of drug-likeness (QED) is 0.790. The van der Waals surface area contributed by atoms with Gasteiger partial charge in [-0.3, -0.25) is 9.36 Å². The number of hydrogen-bond acceptors (Lipinski definition) is 3. The first kappa shape index (κ1) is 14.1. The van der Waals surface area contributed by atoms with E-state index in [9.17, 15) is 9.59 Å². The molecule has 0 aliphatic heterocycles. The second-order valence-electron chi connectivity index (χ2n) is 5.36. The van der Waals surface area contributed by atoms with Crippen LogP contribution in [0, 0.1) is 13.8 Å². The molecule has 0 saturated heterocycles. The van der Waals surface area contributed by atoms with E-state index in [2.05, 4.69) is 5.32 Å². The lowest BCUT2D eigenvalue weighted by Crippen LogP contribution is -2.12. The van der Waals surface area contributed by atoms with Crippen LogP contribution in [-0.4, -0.2) is 10.5 Å². The molecule has 0 fully saturated rings. The molecule has 1 aromatic heterocycles. The molecule has 2 aromatic carbocycles. The first-order valence-corrected chi connectivity index (χ1v) is 6.94. The summed E-state index contributed by atoms with van der Waals surface area (Å²) in [4.78, 5) is 23.8. The van der Waals surface area contributed by atoms with Crippen molar-refractivity contribution >= 4 is 22.7 Å². The van der Waals surface area contributed by atoms with Crippen molar-refractivity contribution in [1.29, 1.82) is 0 Å². The molecule has 0 saturated carbocycles. The fourth-order valence-corrected chi connectivity index (χ4v) is 2.29. The average Bonchev–Trinajstić information content (AvgIpc) is 2.78. The highest BCUT2D eigenvalue weighted by Gasteiger charge is 2.11. The predicted molar refractivity (Wildman–Crippen MR) is 85.3 cm³/mol. The van der Waals surface area contributed by atoms with Crippen molar-refractivity contribution in [3.63, 3.8) is 0 Å². The van der Waals surface area contributed by atoms with Gasteiger partial charge in [-0.2, -0.15) is 0 Å². The third-order valence-corrected chi connectivity index (χ3v) is 3.82. The predicted octanol–water partition coefficient (Wildman–Crippen LogP) is 3.00. The highest BCUT2D eigenvalue weighted by Crippen LogP contribution is 2.18. The van der Waals surface area contributed by atoms with Crippen LogP contribution in [0.1, 0.15) is 21.5 Å². The third-order valence-electron chi connectivity index (χ3n) is 3.82. The van der Waals surface area contributed by atoms with Gasteiger partial charge in [-0.15, -0.1) is 0 Å². The molecule has 0 bridgehead atoms. The van der Waals surface area contributed by atoms with Gasteiger partial charge in [0, 0.05) is 18.3 Å². The molecule has 5 heteroatoms. The number of anilines is 1. The standard InChI is InChI=1S/C17H16N2O3/c1-10-4-6-13(8-11(10)2)18-16(20)12-5-7-15-14(9-12)19(3)17(21)22-15/h4-9H,1-3H3,(H,18,20). The van der Waals surface area contributed by atoms with E-state index in [1.807, 2.05) is 32.0 Å². The van der Waals surface area contributed by atoms with Crippen molar-refractivity contribution < 1.29 is 9.21 Å². The first-order chi connectivity index (χ1) is 10.5. The minimum atomic E-state index is -0.443. The molecule has 1 amide bonds. The Morgan fingerprint density at radius 1 is 1.09 bits per heavy atom. The molecule has 3 aromatic rings. The van der Waals surface area contributed by atoms with Gasteiger partial charge in [0.15, 0.2) is 5.58 Å². The van der Waals surface area contributed by atoms with Crippen molar-refractivity contribution in [3.05, 3.63) is 63.6 Å². The summed E-state index contributed by atoms with van der Waals surface area (Å²) < 4.78 is 6.43. The highest BCUT2D eigenvalue weighted by atomic mass is 16.4. The number of rotatable bonds is 2. The number of aryl methyl sites for hydroxylation is 3. The van der Waals surface area contributed by atoms with Crippen molar-refractivity contribution in [2.75, 3.05) is 5.32 Å². The van der Waals surface area contributed by atoms with Gasteiger partial charge in [0.25, 0.3) is 5.91 Å². The average molecular weight is 296 g/mol. The molecule has 0 aliphatic carbocycles. The zero-order valence-electron chi connectivity index (χ0n) is 12.6. The summed E-state index contributed by atoms with van der Waals surface area (Å²) in [6.45, 7) is 4.02. The lowest BCUT2D eigenvalue weighted by molar-refractivity contribution is 0.102. The number of fused-ring (bicyclic) bond motifs is 1. The molecule has 0 spiro atoms. The van der Waals surface area contributed by atoms with Crippen LogP contribution in [0.4, 0.5) is 5.69 Å². The molecular formula is C17H16N2O3. The maximum Gasteiger partial charge on any atom is 0.419 e. The monoisotopic (exact) mass is 296 g/mol. The Labute approximate surface area is 127 Å². The van der Waals surface area contributed by atoms with Gasteiger partial charge >= 0.3 is 5.76 Å². The number of nitrogens with zero attached hydrogens (tertiary/aromatic N) is 1. The van der Waals surface area contributed by atoms with Gasteiger partial charge in [0.05, 0.1) is 5.52 Å². The number of oxazole rings is 1. The van der Waals surface area contributed by atoms with E-state index in [-0.39, 0.29) is 5.91 Å². The van der Waals surface area contributed by atoms with Crippen molar-refractivity contribution in [2.45, 2.75) is 13.8 Å². The second kappa shape index (κ2) is 5.18. The van der Waals surface area contributed by atoms with Crippen LogP contribution >= 0.6 is 0 Å². The van der Waals surface area contributed by atoms with E-state index in [1.54, 1.807) is 25.2 Å². The zero-order valence-corrected chi connectivity index (χ0v) is 12.6. The molecule has 0 unspecified atom stereocenters. The summed E-state index contributed by atoms with van der Waals surface area (Å²) in [6, 6.07) is 10.7. The Hall–Kier alpha value is -2.82. The van der Waals surface area contributed by atoms with Gasteiger partial charge in [-0.05, 0) is 55.3 Å². The Kier molecular flexibility index (Phi) is 3.33. The summed E-state index contributed by atoms with van der Waals surface area (Å²) in [5, 5.41) is 2.86. The number of aromatic nitrogens is 1. The van der Waals surface area contributed by atoms with Gasteiger partial charge < -0.3 is 9.73 Å². The molecule has 1 N–H and O–H groups in total. The lowest BCUT2D eigenvalue weighted by atomic mass is 10.1. The number of benzene rings is 2. The van der Waals surface area contributed by atoms with Crippen molar-refractivity contribution in [2.24, 2.45) is 7.05 Å². The molecule has 5 nitrogen and oxygen atoms in total. The normalized spacial score (nSPS) is 10.9. The van der Waals surface area contributed by atoms with Gasteiger partial charge in [-0.1, -0.05) is 6.07 Å². The lowest BCUT2D eigenvalue weighted by Gasteiger charge is -2.08. The molecule has 0 aliphatic rings. The summed E-state index contributed by atoms with van der Waals surface area (Å²) in [5.74, 6) is -0.666. The molecule has 1 heterocycles. The third kappa shape index (κ3) is 2.41. The summed E-state index contributed by atoms with van der Waals surface area (Å²) in [6.07, 6.45) is 0. The van der Waals surface area contributed by atoms with E-state index < -0.39 is 5.76 Å². The van der Waals surface area contributed by atoms with Gasteiger partial charge in [0.1, 0.15) is 0 Å². The number of nitrogens with one attached hydrogen (secondary N) is 1. The van der Waals surface area contributed by atoms with Crippen LogP contribution < -0.4 is 11.1 Å². The number of carbonyl (C=O) groups is 1. The zero-order chi connectivity index (χ0) is 15.9. The number of amides is 1. The van der Waals surface area contributed by atoms with E-state index in [0.29, 0.717) is 16.7 Å². The Morgan fingerprint density at radius 2 is 1.86 bits per heavy atom. The smallest absolute Gasteiger partial charge is 0.408 e. The molecule has 3 rings (SSSR count).